The van der Waals surface area contributed by atoms with E-state index in [9.17, 15) is 19.2 Å². The summed E-state index contributed by atoms with van der Waals surface area (Å²) in [5, 5.41) is 0. The Bertz CT molecular complexity index is 1600. The molecule has 2 fully saturated rings. The number of benzene rings is 4. The van der Waals surface area contributed by atoms with Gasteiger partial charge in [-0.3, -0.25) is 0 Å². The van der Waals surface area contributed by atoms with E-state index >= 15 is 0 Å². The van der Waals surface area contributed by atoms with Gasteiger partial charge in [0.25, 0.3) is 0 Å². The van der Waals surface area contributed by atoms with Crippen LogP contribution in [0.2, 0.25) is 0 Å². The summed E-state index contributed by atoms with van der Waals surface area (Å²) in [5.74, 6) is -1.64. The Hall–Kier alpha value is -5.32. The van der Waals surface area contributed by atoms with Gasteiger partial charge in [-0.1, -0.05) is 35.4 Å². The van der Waals surface area contributed by atoms with Crippen molar-refractivity contribution >= 4 is 23.9 Å². The zero-order valence-electron chi connectivity index (χ0n) is 25.0. The highest BCUT2D eigenvalue weighted by Gasteiger charge is 2.51. The van der Waals surface area contributed by atoms with Crippen LogP contribution in [-0.4, -0.2) is 61.5 Å². The van der Waals surface area contributed by atoms with Crippen molar-refractivity contribution in [2.75, 3.05) is 13.2 Å². The van der Waals surface area contributed by atoms with Crippen molar-refractivity contribution in [2.24, 2.45) is 0 Å². The summed E-state index contributed by atoms with van der Waals surface area (Å²) in [5.41, 5.74) is 3.40. The van der Waals surface area contributed by atoms with Crippen LogP contribution < -0.4 is 9.47 Å². The van der Waals surface area contributed by atoms with Gasteiger partial charge >= 0.3 is 23.9 Å². The highest BCUT2D eigenvalue weighted by molar-refractivity contribution is 5.93. The van der Waals surface area contributed by atoms with E-state index in [1.54, 1.807) is 24.3 Å². The van der Waals surface area contributed by atoms with E-state index in [-0.39, 0.29) is 35.8 Å². The fourth-order valence-corrected chi connectivity index (χ4v) is 5.07. The minimum absolute atomic E-state index is 0.0718. The van der Waals surface area contributed by atoms with Crippen LogP contribution in [0.1, 0.15) is 52.6 Å². The highest BCUT2D eigenvalue weighted by atomic mass is 16.7. The van der Waals surface area contributed by atoms with Crippen LogP contribution in [0, 0.1) is 13.8 Å². The molecule has 4 aromatic carbocycles. The Labute approximate surface area is 264 Å². The number of hydrogen-bond acceptors (Lipinski definition) is 10. The SMILES string of the molecule is Cc1ccc(C(=O)Oc2ccc(C(=O)O[C@H]3COC4C3OC[C@@H]4OC(=O)c3ccc(OC(=O)c4ccc(C)cc4)cc3)cc2)cc1. The number of hydrogen-bond donors (Lipinski definition) is 0. The van der Waals surface area contributed by atoms with Crippen molar-refractivity contribution in [3.05, 3.63) is 130 Å². The lowest BCUT2D eigenvalue weighted by Crippen LogP contribution is -2.36. The normalized spacial score (nSPS) is 20.0. The molecule has 4 aromatic rings. The molecule has 46 heavy (non-hydrogen) atoms. The topological polar surface area (TPSA) is 124 Å². The first-order chi connectivity index (χ1) is 22.2. The number of fused-ring (bicyclic) bond motifs is 1. The van der Waals surface area contributed by atoms with Gasteiger partial charge in [-0.2, -0.15) is 0 Å². The molecule has 0 spiro atoms. The Morgan fingerprint density at radius 2 is 0.783 bits per heavy atom. The number of ether oxygens (including phenoxy) is 6. The zero-order chi connectivity index (χ0) is 32.2. The predicted octanol–water partition coefficient (Wildman–Crippen LogP) is 5.29. The largest absolute Gasteiger partial charge is 0.453 e. The Kier molecular flexibility index (Phi) is 8.91. The van der Waals surface area contributed by atoms with Crippen molar-refractivity contribution in [1.29, 1.82) is 0 Å². The fourth-order valence-electron chi connectivity index (χ4n) is 5.07. The molecule has 2 aliphatic heterocycles. The molecule has 4 atom stereocenters. The average molecular weight is 623 g/mol. The zero-order valence-corrected chi connectivity index (χ0v) is 25.0. The lowest BCUT2D eigenvalue weighted by atomic mass is 10.1. The van der Waals surface area contributed by atoms with Crippen molar-refractivity contribution in [3.63, 3.8) is 0 Å². The number of aryl methyl sites for hydroxylation is 2. The van der Waals surface area contributed by atoms with Crippen LogP contribution in [-0.2, 0) is 18.9 Å². The molecule has 2 unspecified atom stereocenters. The van der Waals surface area contributed by atoms with E-state index in [0.29, 0.717) is 11.1 Å². The molecule has 0 bridgehead atoms. The standard InChI is InChI=1S/C36H30O10/c1-21-3-7-23(8-4-21)33(37)43-27-15-11-25(12-16-27)35(39)45-29-19-41-32-30(20-42-31(29)32)46-36(40)26-13-17-28(18-14-26)44-34(38)24-9-5-22(2)6-10-24/h3-18,29-32H,19-20H2,1-2H3/t29-,30-,31?,32?/m0/s1. The van der Waals surface area contributed by atoms with Crippen LogP contribution >= 0.6 is 0 Å². The summed E-state index contributed by atoms with van der Waals surface area (Å²) in [6.07, 6.45) is -2.63. The maximum absolute atomic E-state index is 12.9. The molecular weight excluding hydrogens is 592 g/mol. The van der Waals surface area contributed by atoms with Gasteiger partial charge in [0, 0.05) is 0 Å². The molecule has 0 saturated carbocycles. The second-order valence-corrected chi connectivity index (χ2v) is 11.0. The van der Waals surface area contributed by atoms with Gasteiger partial charge in [0.1, 0.15) is 23.7 Å². The molecular formula is C36H30O10. The number of carbonyl (C=O) groups excluding carboxylic acids is 4. The van der Waals surface area contributed by atoms with Crippen LogP contribution in [0.3, 0.4) is 0 Å². The molecule has 234 valence electrons. The summed E-state index contributed by atoms with van der Waals surface area (Å²) >= 11 is 0. The second kappa shape index (κ2) is 13.4. The first-order valence-electron chi connectivity index (χ1n) is 14.7. The molecule has 2 saturated heterocycles. The van der Waals surface area contributed by atoms with E-state index in [0.717, 1.165) is 11.1 Å². The van der Waals surface area contributed by atoms with E-state index < -0.39 is 48.3 Å². The molecule has 10 nitrogen and oxygen atoms in total. The third kappa shape index (κ3) is 6.98. The maximum atomic E-state index is 12.9. The van der Waals surface area contributed by atoms with Gasteiger partial charge in [-0.15, -0.1) is 0 Å². The minimum atomic E-state index is -0.706. The lowest BCUT2D eigenvalue weighted by Gasteiger charge is -2.17. The number of esters is 4. The molecule has 2 heterocycles. The van der Waals surface area contributed by atoms with Crippen LogP contribution in [0.15, 0.2) is 97.1 Å². The second-order valence-electron chi connectivity index (χ2n) is 11.0. The van der Waals surface area contributed by atoms with E-state index in [2.05, 4.69) is 0 Å². The number of carbonyl (C=O) groups is 4. The monoisotopic (exact) mass is 622 g/mol. The maximum Gasteiger partial charge on any atom is 0.343 e. The average Bonchev–Trinajstić information content (AvgIpc) is 3.65. The lowest BCUT2D eigenvalue weighted by molar-refractivity contribution is -0.0287. The molecule has 0 aliphatic carbocycles. The quantitative estimate of drug-likeness (QED) is 0.189. The van der Waals surface area contributed by atoms with Gasteiger partial charge in [0.15, 0.2) is 12.2 Å². The van der Waals surface area contributed by atoms with Crippen molar-refractivity contribution in [2.45, 2.75) is 38.3 Å². The summed E-state index contributed by atoms with van der Waals surface area (Å²) < 4.78 is 33.7. The molecule has 0 amide bonds. The Balaban J connectivity index is 0.985. The fraction of sp³-hybridized carbons (Fsp3) is 0.222. The molecule has 0 N–H and O–H groups in total. The predicted molar refractivity (Wildman–Crippen MR) is 163 cm³/mol. The van der Waals surface area contributed by atoms with E-state index in [1.165, 1.54) is 48.5 Å². The van der Waals surface area contributed by atoms with E-state index in [4.69, 9.17) is 28.4 Å². The van der Waals surface area contributed by atoms with Gasteiger partial charge in [-0.25, -0.2) is 19.2 Å². The van der Waals surface area contributed by atoms with Crippen LogP contribution in [0.5, 0.6) is 11.5 Å². The molecule has 6 rings (SSSR count). The van der Waals surface area contributed by atoms with Crippen molar-refractivity contribution in [1.82, 2.24) is 0 Å². The number of rotatable bonds is 8. The van der Waals surface area contributed by atoms with Crippen molar-refractivity contribution < 1.29 is 47.6 Å². The third-order valence-corrected chi connectivity index (χ3v) is 7.66. The Morgan fingerprint density at radius 1 is 0.478 bits per heavy atom. The van der Waals surface area contributed by atoms with Crippen molar-refractivity contribution in [3.8, 4) is 11.5 Å². The van der Waals surface area contributed by atoms with Gasteiger partial charge in [0.2, 0.25) is 0 Å². The summed E-state index contributed by atoms with van der Waals surface area (Å²) in [4.78, 5) is 50.4. The molecule has 0 radical (unpaired) electrons. The Morgan fingerprint density at radius 3 is 1.13 bits per heavy atom. The summed E-state index contributed by atoms with van der Waals surface area (Å²) in [7, 11) is 0. The minimum Gasteiger partial charge on any atom is -0.453 e. The highest BCUT2D eigenvalue weighted by Crippen LogP contribution is 2.32. The first kappa shape index (κ1) is 30.7. The van der Waals surface area contributed by atoms with Crippen LogP contribution in [0.4, 0.5) is 0 Å². The van der Waals surface area contributed by atoms with Gasteiger partial charge in [0.05, 0.1) is 35.5 Å². The summed E-state index contributed by atoms with van der Waals surface area (Å²) in [6.45, 7) is 3.99. The van der Waals surface area contributed by atoms with Gasteiger partial charge < -0.3 is 28.4 Å². The molecule has 10 heteroatoms. The third-order valence-electron chi connectivity index (χ3n) is 7.66. The smallest absolute Gasteiger partial charge is 0.343 e. The van der Waals surface area contributed by atoms with Gasteiger partial charge in [-0.05, 0) is 86.6 Å². The van der Waals surface area contributed by atoms with Crippen LogP contribution in [0.25, 0.3) is 0 Å². The summed E-state index contributed by atoms with van der Waals surface area (Å²) in [6, 6.07) is 26.1. The molecule has 2 aliphatic rings. The molecule has 0 aromatic heterocycles. The first-order valence-corrected chi connectivity index (χ1v) is 14.7. The van der Waals surface area contributed by atoms with E-state index in [1.807, 2.05) is 38.1 Å².